The molecule has 1 aliphatic rings. The van der Waals surface area contributed by atoms with Gasteiger partial charge >= 0.3 is 6.03 Å². The van der Waals surface area contributed by atoms with E-state index in [2.05, 4.69) is 0 Å². The average molecular weight is 335 g/mol. The number of benzene rings is 1. The molecule has 1 aromatic carbocycles. The van der Waals surface area contributed by atoms with Crippen LogP contribution in [0.25, 0.3) is 0 Å². The van der Waals surface area contributed by atoms with Gasteiger partial charge in [-0.1, -0.05) is 18.2 Å². The number of rotatable bonds is 5. The minimum absolute atomic E-state index is 0.0215. The Morgan fingerprint density at radius 3 is 2.21 bits per heavy atom. The van der Waals surface area contributed by atoms with Crippen LogP contribution in [0.4, 0.5) is 9.18 Å². The van der Waals surface area contributed by atoms with Crippen molar-refractivity contribution in [3.05, 3.63) is 35.6 Å². The first-order chi connectivity index (χ1) is 11.6. The molecule has 0 aromatic heterocycles. The maximum absolute atomic E-state index is 13.6. The highest BCUT2D eigenvalue weighted by molar-refractivity contribution is 5.78. The zero-order chi connectivity index (χ0) is 17.5. The Morgan fingerprint density at radius 2 is 1.62 bits per heavy atom. The third kappa shape index (κ3) is 4.46. The number of hydrogen-bond acceptors (Lipinski definition) is 2. The van der Waals surface area contributed by atoms with Crippen LogP contribution in [0.2, 0.25) is 0 Å². The molecule has 0 N–H and O–H groups in total. The van der Waals surface area contributed by atoms with Crippen LogP contribution in [0.15, 0.2) is 24.3 Å². The topological polar surface area (TPSA) is 43.9 Å². The van der Waals surface area contributed by atoms with Crippen LogP contribution in [0.3, 0.4) is 0 Å². The fraction of sp³-hybridized carbons (Fsp3) is 0.556. The first kappa shape index (κ1) is 18.2. The second kappa shape index (κ2) is 8.66. The normalized spacial score (nSPS) is 14.6. The fourth-order valence-corrected chi connectivity index (χ4v) is 2.94. The quantitative estimate of drug-likeness (QED) is 0.829. The molecule has 1 aliphatic heterocycles. The van der Waals surface area contributed by atoms with Crippen molar-refractivity contribution in [2.24, 2.45) is 0 Å². The van der Waals surface area contributed by atoms with Gasteiger partial charge in [0.15, 0.2) is 0 Å². The highest BCUT2D eigenvalue weighted by atomic mass is 19.1. The molecule has 1 saturated heterocycles. The summed E-state index contributed by atoms with van der Waals surface area (Å²) in [5, 5.41) is 0. The van der Waals surface area contributed by atoms with Crippen molar-refractivity contribution in [2.45, 2.75) is 26.7 Å². The molecule has 0 saturated carbocycles. The largest absolute Gasteiger partial charge is 0.339 e. The molecule has 0 radical (unpaired) electrons. The Kier molecular flexibility index (Phi) is 6.58. The zero-order valence-electron chi connectivity index (χ0n) is 14.5. The Labute approximate surface area is 143 Å². The molecule has 0 atom stereocenters. The summed E-state index contributed by atoms with van der Waals surface area (Å²) in [6, 6.07) is 6.59. The van der Waals surface area contributed by atoms with Crippen LogP contribution >= 0.6 is 0 Å². The SMILES string of the molecule is CCN(CC)C(=O)N1CCN(C(=O)CCc2ccccc2F)CC1. The van der Waals surface area contributed by atoms with Crippen molar-refractivity contribution in [1.29, 1.82) is 0 Å². The van der Waals surface area contributed by atoms with E-state index in [9.17, 15) is 14.0 Å². The predicted molar refractivity (Wildman–Crippen MR) is 91.2 cm³/mol. The summed E-state index contributed by atoms with van der Waals surface area (Å²) in [7, 11) is 0. The summed E-state index contributed by atoms with van der Waals surface area (Å²) < 4.78 is 13.6. The molecule has 0 spiro atoms. The molecule has 1 aromatic rings. The summed E-state index contributed by atoms with van der Waals surface area (Å²) in [5.74, 6) is -0.242. The lowest BCUT2D eigenvalue weighted by atomic mass is 10.1. The number of carbonyl (C=O) groups excluding carboxylic acids is 2. The fourth-order valence-electron chi connectivity index (χ4n) is 2.94. The smallest absolute Gasteiger partial charge is 0.320 e. The maximum atomic E-state index is 13.6. The van der Waals surface area contributed by atoms with Gasteiger partial charge in [-0.2, -0.15) is 0 Å². The molecule has 0 bridgehead atoms. The van der Waals surface area contributed by atoms with Gasteiger partial charge in [0, 0.05) is 45.7 Å². The Bertz CT molecular complexity index is 567. The molecule has 0 aliphatic carbocycles. The number of amides is 3. The second-order valence-electron chi connectivity index (χ2n) is 5.91. The van der Waals surface area contributed by atoms with Gasteiger partial charge in [0.2, 0.25) is 5.91 Å². The first-order valence-corrected chi connectivity index (χ1v) is 8.61. The van der Waals surface area contributed by atoms with E-state index in [-0.39, 0.29) is 17.8 Å². The Hall–Kier alpha value is -2.11. The zero-order valence-corrected chi connectivity index (χ0v) is 14.5. The lowest BCUT2D eigenvalue weighted by Crippen LogP contribution is -2.54. The summed E-state index contributed by atoms with van der Waals surface area (Å²) in [6.45, 7) is 7.51. The van der Waals surface area contributed by atoms with Gasteiger partial charge in [-0.05, 0) is 31.9 Å². The van der Waals surface area contributed by atoms with E-state index >= 15 is 0 Å². The Balaban J connectivity index is 1.80. The van der Waals surface area contributed by atoms with E-state index in [1.807, 2.05) is 13.8 Å². The minimum atomic E-state index is -0.264. The highest BCUT2D eigenvalue weighted by Gasteiger charge is 2.26. The van der Waals surface area contributed by atoms with Crippen molar-refractivity contribution in [1.82, 2.24) is 14.7 Å². The average Bonchev–Trinajstić information content (AvgIpc) is 2.62. The molecule has 2 rings (SSSR count). The van der Waals surface area contributed by atoms with Gasteiger partial charge in [0.1, 0.15) is 5.82 Å². The maximum Gasteiger partial charge on any atom is 0.320 e. The third-order valence-electron chi connectivity index (χ3n) is 4.50. The predicted octanol–water partition coefficient (Wildman–Crippen LogP) is 2.36. The lowest BCUT2D eigenvalue weighted by molar-refractivity contribution is -0.132. The van der Waals surface area contributed by atoms with E-state index in [0.717, 1.165) is 0 Å². The first-order valence-electron chi connectivity index (χ1n) is 8.61. The number of halogens is 1. The van der Waals surface area contributed by atoms with Gasteiger partial charge < -0.3 is 14.7 Å². The van der Waals surface area contributed by atoms with Crippen LogP contribution in [0.5, 0.6) is 0 Å². The standard InChI is InChI=1S/C18H26FN3O2/c1-3-20(4-2)18(24)22-13-11-21(12-14-22)17(23)10-9-15-7-5-6-8-16(15)19/h5-8H,3-4,9-14H2,1-2H3. The molecular formula is C18H26FN3O2. The van der Waals surface area contributed by atoms with Gasteiger partial charge in [-0.3, -0.25) is 4.79 Å². The van der Waals surface area contributed by atoms with Crippen LogP contribution in [-0.4, -0.2) is 65.9 Å². The van der Waals surface area contributed by atoms with Crippen LogP contribution in [0, 0.1) is 5.82 Å². The number of hydrogen-bond donors (Lipinski definition) is 0. The molecule has 5 nitrogen and oxygen atoms in total. The van der Waals surface area contributed by atoms with E-state index in [1.165, 1.54) is 6.07 Å². The Morgan fingerprint density at radius 1 is 1.04 bits per heavy atom. The second-order valence-corrected chi connectivity index (χ2v) is 5.91. The third-order valence-corrected chi connectivity index (χ3v) is 4.50. The number of urea groups is 1. The van der Waals surface area contributed by atoms with E-state index in [4.69, 9.17) is 0 Å². The molecule has 3 amide bonds. The van der Waals surface area contributed by atoms with Gasteiger partial charge in [0.05, 0.1) is 0 Å². The van der Waals surface area contributed by atoms with Crippen LogP contribution < -0.4 is 0 Å². The monoisotopic (exact) mass is 335 g/mol. The van der Waals surface area contributed by atoms with Crippen molar-refractivity contribution in [2.75, 3.05) is 39.3 Å². The lowest BCUT2D eigenvalue weighted by Gasteiger charge is -2.37. The highest BCUT2D eigenvalue weighted by Crippen LogP contribution is 2.12. The van der Waals surface area contributed by atoms with Crippen molar-refractivity contribution in [3.8, 4) is 0 Å². The number of piperazine rings is 1. The van der Waals surface area contributed by atoms with Crippen LogP contribution in [-0.2, 0) is 11.2 Å². The summed E-state index contributed by atoms with van der Waals surface area (Å²) in [5.41, 5.74) is 0.571. The van der Waals surface area contributed by atoms with Crippen molar-refractivity contribution >= 4 is 11.9 Å². The summed E-state index contributed by atoms with van der Waals surface area (Å²) in [6.07, 6.45) is 0.703. The molecule has 132 valence electrons. The van der Waals surface area contributed by atoms with E-state index in [0.29, 0.717) is 57.7 Å². The van der Waals surface area contributed by atoms with Gasteiger partial charge in [-0.15, -0.1) is 0 Å². The van der Waals surface area contributed by atoms with Gasteiger partial charge in [0.25, 0.3) is 0 Å². The van der Waals surface area contributed by atoms with Gasteiger partial charge in [-0.25, -0.2) is 9.18 Å². The number of nitrogens with zero attached hydrogens (tertiary/aromatic N) is 3. The molecule has 1 heterocycles. The molecule has 1 fully saturated rings. The van der Waals surface area contributed by atoms with E-state index < -0.39 is 0 Å². The van der Waals surface area contributed by atoms with E-state index in [1.54, 1.807) is 32.9 Å². The van der Waals surface area contributed by atoms with Crippen molar-refractivity contribution in [3.63, 3.8) is 0 Å². The minimum Gasteiger partial charge on any atom is -0.339 e. The van der Waals surface area contributed by atoms with Crippen molar-refractivity contribution < 1.29 is 14.0 Å². The summed E-state index contributed by atoms with van der Waals surface area (Å²) in [4.78, 5) is 29.9. The molecule has 24 heavy (non-hydrogen) atoms. The molecule has 0 unspecified atom stereocenters. The molecular weight excluding hydrogens is 309 g/mol. The number of aryl methyl sites for hydroxylation is 1. The molecule has 6 heteroatoms. The van der Waals surface area contributed by atoms with Crippen LogP contribution in [0.1, 0.15) is 25.8 Å². The summed E-state index contributed by atoms with van der Waals surface area (Å²) >= 11 is 0. The number of carbonyl (C=O) groups is 2.